The molecular weight excluding hydrogens is 328 g/mol. The number of ether oxygens (including phenoxy) is 1. The molecule has 0 radical (unpaired) electrons. The molecule has 24 heavy (non-hydrogen) atoms. The monoisotopic (exact) mass is 346 g/mol. The summed E-state index contributed by atoms with van der Waals surface area (Å²) in [5, 5.41) is 3.50. The van der Waals surface area contributed by atoms with Crippen LogP contribution in [0.5, 0.6) is 5.75 Å². The first-order valence-electron chi connectivity index (χ1n) is 7.91. The lowest BCUT2D eigenvalue weighted by Gasteiger charge is -2.33. The number of nitrogens with one attached hydrogen (secondary N) is 1. The van der Waals surface area contributed by atoms with Crippen molar-refractivity contribution in [2.75, 3.05) is 24.6 Å². The normalized spacial score (nSPS) is 17.4. The number of hydrogen-bond donors (Lipinski definition) is 1. The van der Waals surface area contributed by atoms with E-state index in [0.717, 1.165) is 19.4 Å². The van der Waals surface area contributed by atoms with E-state index in [1.807, 2.05) is 12.1 Å². The second-order valence-corrected chi connectivity index (χ2v) is 6.03. The van der Waals surface area contributed by atoms with Crippen molar-refractivity contribution in [2.45, 2.75) is 18.9 Å². The number of amides is 1. The molecule has 1 saturated heterocycles. The number of carbonyl (C=O) groups excluding carboxylic acids is 1. The summed E-state index contributed by atoms with van der Waals surface area (Å²) in [7, 11) is 0. The minimum absolute atomic E-state index is 0.0535. The van der Waals surface area contributed by atoms with Crippen molar-refractivity contribution < 1.29 is 9.53 Å². The van der Waals surface area contributed by atoms with Crippen LogP contribution in [-0.2, 0) is 4.79 Å². The number of benzene rings is 1. The number of nitrogens with zero attached hydrogens (tertiary/aromatic N) is 3. The fourth-order valence-corrected chi connectivity index (χ4v) is 2.90. The van der Waals surface area contributed by atoms with Crippen molar-refractivity contribution in [1.82, 2.24) is 15.3 Å². The van der Waals surface area contributed by atoms with Crippen molar-refractivity contribution in [3.63, 3.8) is 0 Å². The molecule has 7 heteroatoms. The Morgan fingerprint density at radius 1 is 1.29 bits per heavy atom. The summed E-state index contributed by atoms with van der Waals surface area (Å²) in [6.45, 7) is 1.54. The minimum atomic E-state index is -0.157. The summed E-state index contributed by atoms with van der Waals surface area (Å²) in [6.07, 6.45) is 5.36. The molecule has 1 aromatic carbocycles. The van der Waals surface area contributed by atoms with Crippen molar-refractivity contribution in [1.29, 1.82) is 0 Å². The van der Waals surface area contributed by atoms with E-state index in [2.05, 4.69) is 20.2 Å². The third-order valence-electron chi connectivity index (χ3n) is 3.82. The second kappa shape index (κ2) is 7.97. The summed E-state index contributed by atoms with van der Waals surface area (Å²) < 4.78 is 5.47. The van der Waals surface area contributed by atoms with Crippen LogP contribution in [0, 0.1) is 0 Å². The van der Waals surface area contributed by atoms with Gasteiger partial charge in [-0.3, -0.25) is 4.79 Å². The molecule has 1 amide bonds. The predicted octanol–water partition coefficient (Wildman–Crippen LogP) is 2.29. The largest absolute Gasteiger partial charge is 0.482 e. The Hall–Kier alpha value is -2.34. The molecule has 3 rings (SSSR count). The Kier molecular flexibility index (Phi) is 5.48. The molecule has 0 bridgehead atoms. The lowest BCUT2D eigenvalue weighted by atomic mass is 10.1. The lowest BCUT2D eigenvalue weighted by molar-refractivity contribution is -0.123. The van der Waals surface area contributed by atoms with Crippen LogP contribution in [0.1, 0.15) is 12.8 Å². The SMILES string of the molecule is O=C(COc1ccccc1Cl)N[C@H]1CCCN(c2ncccn2)C1. The van der Waals surface area contributed by atoms with Gasteiger partial charge in [-0.2, -0.15) is 0 Å². The molecule has 1 aliphatic rings. The molecule has 0 aliphatic carbocycles. The van der Waals surface area contributed by atoms with Crippen LogP contribution >= 0.6 is 11.6 Å². The maximum atomic E-state index is 12.1. The Morgan fingerprint density at radius 3 is 2.88 bits per heavy atom. The van der Waals surface area contributed by atoms with Gasteiger partial charge < -0.3 is 15.0 Å². The summed E-state index contributed by atoms with van der Waals surface area (Å²) in [5.41, 5.74) is 0. The third kappa shape index (κ3) is 4.35. The van der Waals surface area contributed by atoms with Gasteiger partial charge in [0.1, 0.15) is 5.75 Å². The number of rotatable bonds is 5. The molecular formula is C17H19ClN4O2. The summed E-state index contributed by atoms with van der Waals surface area (Å²) >= 11 is 6.01. The van der Waals surface area contributed by atoms with Crippen LogP contribution in [0.15, 0.2) is 42.7 Å². The van der Waals surface area contributed by atoms with Crippen molar-refractivity contribution in [3.8, 4) is 5.75 Å². The fourth-order valence-electron chi connectivity index (χ4n) is 2.71. The minimum Gasteiger partial charge on any atom is -0.482 e. The highest BCUT2D eigenvalue weighted by molar-refractivity contribution is 6.32. The Labute approximate surface area is 145 Å². The van der Waals surface area contributed by atoms with Crippen LogP contribution < -0.4 is 15.0 Å². The zero-order chi connectivity index (χ0) is 16.8. The number of hydrogen-bond acceptors (Lipinski definition) is 5. The maximum absolute atomic E-state index is 12.1. The Bertz CT molecular complexity index is 683. The highest BCUT2D eigenvalue weighted by Gasteiger charge is 2.23. The van der Waals surface area contributed by atoms with Gasteiger partial charge in [0.25, 0.3) is 5.91 Å². The van der Waals surface area contributed by atoms with E-state index in [1.165, 1.54) is 0 Å². The van der Waals surface area contributed by atoms with Gasteiger partial charge in [-0.05, 0) is 31.0 Å². The number of carbonyl (C=O) groups is 1. The van der Waals surface area contributed by atoms with Crippen molar-refractivity contribution >= 4 is 23.5 Å². The Balaban J connectivity index is 1.50. The molecule has 1 N–H and O–H groups in total. The van der Waals surface area contributed by atoms with E-state index in [0.29, 0.717) is 23.3 Å². The van der Waals surface area contributed by atoms with Crippen LogP contribution in [0.25, 0.3) is 0 Å². The van der Waals surface area contributed by atoms with E-state index in [9.17, 15) is 4.79 Å². The van der Waals surface area contributed by atoms with Gasteiger partial charge in [-0.25, -0.2) is 9.97 Å². The molecule has 2 aromatic rings. The molecule has 6 nitrogen and oxygen atoms in total. The van der Waals surface area contributed by atoms with Crippen molar-refractivity contribution in [3.05, 3.63) is 47.7 Å². The van der Waals surface area contributed by atoms with Gasteiger partial charge >= 0.3 is 0 Å². The smallest absolute Gasteiger partial charge is 0.258 e. The molecule has 1 aromatic heterocycles. The quantitative estimate of drug-likeness (QED) is 0.899. The third-order valence-corrected chi connectivity index (χ3v) is 4.13. The van der Waals surface area contributed by atoms with Gasteiger partial charge in [0.15, 0.2) is 6.61 Å². The van der Waals surface area contributed by atoms with Crippen LogP contribution in [0.4, 0.5) is 5.95 Å². The molecule has 0 saturated carbocycles. The van der Waals surface area contributed by atoms with Crippen molar-refractivity contribution in [2.24, 2.45) is 0 Å². The topological polar surface area (TPSA) is 67.3 Å². The highest BCUT2D eigenvalue weighted by Crippen LogP contribution is 2.23. The number of halogens is 1. The number of para-hydroxylation sites is 1. The maximum Gasteiger partial charge on any atom is 0.258 e. The number of anilines is 1. The lowest BCUT2D eigenvalue weighted by Crippen LogP contribution is -2.49. The van der Waals surface area contributed by atoms with E-state index in [-0.39, 0.29) is 18.6 Å². The number of piperidine rings is 1. The zero-order valence-electron chi connectivity index (χ0n) is 13.2. The molecule has 1 aliphatic heterocycles. The molecule has 126 valence electrons. The van der Waals surface area contributed by atoms with E-state index >= 15 is 0 Å². The summed E-state index contributed by atoms with van der Waals surface area (Å²) in [6, 6.07) is 8.96. The second-order valence-electron chi connectivity index (χ2n) is 5.62. The summed E-state index contributed by atoms with van der Waals surface area (Å²) in [5.74, 6) is 1.05. The first kappa shape index (κ1) is 16.5. The highest BCUT2D eigenvalue weighted by atomic mass is 35.5. The first-order chi connectivity index (χ1) is 11.7. The number of aromatic nitrogens is 2. The van der Waals surface area contributed by atoms with Crippen LogP contribution in [0.3, 0.4) is 0 Å². The van der Waals surface area contributed by atoms with E-state index in [1.54, 1.807) is 30.6 Å². The Morgan fingerprint density at radius 2 is 2.08 bits per heavy atom. The molecule has 0 spiro atoms. The summed E-state index contributed by atoms with van der Waals surface area (Å²) in [4.78, 5) is 22.7. The van der Waals surface area contributed by atoms with Crippen LogP contribution in [-0.4, -0.2) is 41.6 Å². The van der Waals surface area contributed by atoms with Gasteiger partial charge in [0.05, 0.1) is 5.02 Å². The van der Waals surface area contributed by atoms with Gasteiger partial charge in [0, 0.05) is 31.5 Å². The molecule has 0 unspecified atom stereocenters. The fraction of sp³-hybridized carbons (Fsp3) is 0.353. The average Bonchev–Trinajstić information content (AvgIpc) is 2.62. The average molecular weight is 347 g/mol. The predicted molar refractivity (Wildman–Crippen MR) is 92.4 cm³/mol. The first-order valence-corrected chi connectivity index (χ1v) is 8.29. The molecule has 1 fully saturated rings. The van der Waals surface area contributed by atoms with E-state index in [4.69, 9.17) is 16.3 Å². The van der Waals surface area contributed by atoms with Gasteiger partial charge in [0.2, 0.25) is 5.95 Å². The van der Waals surface area contributed by atoms with Crippen LogP contribution in [0.2, 0.25) is 5.02 Å². The molecule has 2 heterocycles. The molecule has 1 atom stereocenters. The zero-order valence-corrected chi connectivity index (χ0v) is 13.9. The standard InChI is InChI=1S/C17H19ClN4O2/c18-14-6-1-2-7-15(14)24-12-16(23)21-13-5-3-10-22(11-13)17-19-8-4-9-20-17/h1-2,4,6-9,13H,3,5,10-12H2,(H,21,23)/t13-/m0/s1. The van der Waals surface area contributed by atoms with Gasteiger partial charge in [-0.1, -0.05) is 23.7 Å². The van der Waals surface area contributed by atoms with Gasteiger partial charge in [-0.15, -0.1) is 0 Å². The van der Waals surface area contributed by atoms with E-state index < -0.39 is 0 Å².